The number of aliphatic carboxylic acids is 1. The molecule has 0 aliphatic rings. The van der Waals surface area contributed by atoms with Crippen LogP contribution in [0.4, 0.5) is 0 Å². The van der Waals surface area contributed by atoms with Gasteiger partial charge in [0.2, 0.25) is 0 Å². The van der Waals surface area contributed by atoms with Crippen molar-refractivity contribution < 1.29 is 19.4 Å². The number of carboxylic acids is 1. The Labute approximate surface area is 129 Å². The van der Waals surface area contributed by atoms with Gasteiger partial charge in [0, 0.05) is 13.0 Å². The van der Waals surface area contributed by atoms with Gasteiger partial charge in [-0.3, -0.25) is 9.59 Å². The fourth-order valence-electron chi connectivity index (χ4n) is 1.84. The van der Waals surface area contributed by atoms with Crippen molar-refractivity contribution in [3.8, 4) is 11.8 Å². The molecule has 0 aliphatic carbocycles. The fourth-order valence-corrected chi connectivity index (χ4v) is 1.84. The third-order valence-corrected chi connectivity index (χ3v) is 3.05. The second-order valence-electron chi connectivity index (χ2n) is 4.86. The third-order valence-electron chi connectivity index (χ3n) is 3.05. The molecule has 1 aromatic rings. The SMILES string of the molecule is CC(Oc1ccccc1C#N)C(=O)NCCCCCC(=O)O. The topological polar surface area (TPSA) is 99.4 Å². The Balaban J connectivity index is 2.30. The van der Waals surface area contributed by atoms with Crippen LogP contribution in [0.15, 0.2) is 24.3 Å². The second kappa shape index (κ2) is 9.40. The van der Waals surface area contributed by atoms with Gasteiger partial charge in [-0.1, -0.05) is 18.6 Å². The number of benzene rings is 1. The standard InChI is InChI=1S/C16H20N2O4/c1-12(22-14-8-5-4-7-13(14)11-17)16(21)18-10-6-2-3-9-15(19)20/h4-5,7-8,12H,2-3,6,9-10H2,1H3,(H,18,21)(H,19,20). The summed E-state index contributed by atoms with van der Waals surface area (Å²) in [6.45, 7) is 2.10. The van der Waals surface area contributed by atoms with E-state index < -0.39 is 12.1 Å². The van der Waals surface area contributed by atoms with Gasteiger partial charge in [0.1, 0.15) is 11.8 Å². The number of nitrogens with zero attached hydrogens (tertiary/aromatic N) is 1. The number of nitrogens with one attached hydrogen (secondary N) is 1. The van der Waals surface area contributed by atoms with E-state index in [9.17, 15) is 9.59 Å². The molecule has 1 rings (SSSR count). The van der Waals surface area contributed by atoms with Gasteiger partial charge in [-0.15, -0.1) is 0 Å². The molecule has 22 heavy (non-hydrogen) atoms. The first kappa shape index (κ1) is 17.5. The molecule has 1 atom stereocenters. The molecular formula is C16H20N2O4. The van der Waals surface area contributed by atoms with Crippen LogP contribution in [0.3, 0.4) is 0 Å². The Kier molecular flexibility index (Phi) is 7.48. The van der Waals surface area contributed by atoms with Gasteiger partial charge < -0.3 is 15.2 Å². The van der Waals surface area contributed by atoms with Crippen molar-refractivity contribution in [2.24, 2.45) is 0 Å². The monoisotopic (exact) mass is 304 g/mol. The normalized spacial score (nSPS) is 11.3. The van der Waals surface area contributed by atoms with E-state index >= 15 is 0 Å². The van der Waals surface area contributed by atoms with Crippen LogP contribution in [0.2, 0.25) is 0 Å². The molecular weight excluding hydrogens is 284 g/mol. The highest BCUT2D eigenvalue weighted by atomic mass is 16.5. The van der Waals surface area contributed by atoms with E-state index in [0.717, 1.165) is 12.8 Å². The van der Waals surface area contributed by atoms with Crippen molar-refractivity contribution in [3.05, 3.63) is 29.8 Å². The number of unbranched alkanes of at least 4 members (excludes halogenated alkanes) is 2. The highest BCUT2D eigenvalue weighted by Crippen LogP contribution is 2.18. The average Bonchev–Trinajstić information content (AvgIpc) is 2.50. The van der Waals surface area contributed by atoms with Crippen molar-refractivity contribution in [1.82, 2.24) is 5.32 Å². The first-order chi connectivity index (χ1) is 10.5. The van der Waals surface area contributed by atoms with Crippen molar-refractivity contribution >= 4 is 11.9 Å². The maximum Gasteiger partial charge on any atom is 0.303 e. The van der Waals surface area contributed by atoms with Crippen LogP contribution in [-0.4, -0.2) is 29.6 Å². The van der Waals surface area contributed by atoms with Gasteiger partial charge in [0.05, 0.1) is 5.56 Å². The van der Waals surface area contributed by atoms with E-state index in [1.807, 2.05) is 6.07 Å². The zero-order valence-electron chi connectivity index (χ0n) is 12.5. The molecule has 0 aliphatic heterocycles. The molecule has 2 N–H and O–H groups in total. The summed E-state index contributed by atoms with van der Waals surface area (Å²) < 4.78 is 5.50. The number of carbonyl (C=O) groups excluding carboxylic acids is 1. The molecule has 0 saturated carbocycles. The van der Waals surface area contributed by atoms with Gasteiger partial charge in [-0.25, -0.2) is 0 Å². The van der Waals surface area contributed by atoms with Crippen molar-refractivity contribution in [2.45, 2.75) is 38.7 Å². The molecule has 1 aromatic carbocycles. The maximum absolute atomic E-state index is 11.9. The average molecular weight is 304 g/mol. The van der Waals surface area contributed by atoms with Gasteiger partial charge in [0.15, 0.2) is 6.10 Å². The number of para-hydroxylation sites is 1. The molecule has 0 bridgehead atoms. The number of amides is 1. The minimum Gasteiger partial charge on any atom is -0.481 e. The van der Waals surface area contributed by atoms with Crippen LogP contribution in [-0.2, 0) is 9.59 Å². The van der Waals surface area contributed by atoms with E-state index in [1.54, 1.807) is 31.2 Å². The first-order valence-electron chi connectivity index (χ1n) is 7.20. The summed E-state index contributed by atoms with van der Waals surface area (Å²) in [5, 5.41) is 20.2. The zero-order chi connectivity index (χ0) is 16.4. The number of rotatable bonds is 9. The Morgan fingerprint density at radius 3 is 2.73 bits per heavy atom. The van der Waals surface area contributed by atoms with Crippen LogP contribution in [0.1, 0.15) is 38.2 Å². The Morgan fingerprint density at radius 2 is 2.05 bits per heavy atom. The lowest BCUT2D eigenvalue weighted by atomic mass is 10.2. The van der Waals surface area contributed by atoms with E-state index in [0.29, 0.717) is 24.3 Å². The van der Waals surface area contributed by atoms with E-state index in [-0.39, 0.29) is 12.3 Å². The molecule has 0 spiro atoms. The van der Waals surface area contributed by atoms with Gasteiger partial charge >= 0.3 is 5.97 Å². The molecule has 6 heteroatoms. The fraction of sp³-hybridized carbons (Fsp3) is 0.438. The number of nitriles is 1. The minimum absolute atomic E-state index is 0.151. The van der Waals surface area contributed by atoms with Crippen molar-refractivity contribution in [2.75, 3.05) is 6.54 Å². The predicted octanol–water partition coefficient (Wildman–Crippen LogP) is 2.09. The van der Waals surface area contributed by atoms with Crippen LogP contribution in [0, 0.1) is 11.3 Å². The third kappa shape index (κ3) is 6.27. The number of carbonyl (C=O) groups is 2. The minimum atomic E-state index is -0.804. The van der Waals surface area contributed by atoms with Crippen LogP contribution in [0.5, 0.6) is 5.75 Å². The molecule has 0 saturated heterocycles. The molecule has 1 amide bonds. The van der Waals surface area contributed by atoms with Gasteiger partial charge in [-0.05, 0) is 31.9 Å². The first-order valence-corrected chi connectivity index (χ1v) is 7.20. The summed E-state index contributed by atoms with van der Waals surface area (Å²) in [4.78, 5) is 22.2. The Morgan fingerprint density at radius 1 is 1.32 bits per heavy atom. The Bertz CT molecular complexity index is 551. The van der Waals surface area contributed by atoms with Crippen molar-refractivity contribution in [3.63, 3.8) is 0 Å². The molecule has 0 fully saturated rings. The predicted molar refractivity (Wildman–Crippen MR) is 80.4 cm³/mol. The van der Waals surface area contributed by atoms with Crippen LogP contribution >= 0.6 is 0 Å². The summed E-state index contributed by atoms with van der Waals surface area (Å²) in [6, 6.07) is 8.75. The maximum atomic E-state index is 11.9. The van der Waals surface area contributed by atoms with Gasteiger partial charge in [0.25, 0.3) is 5.91 Å². The number of carboxylic acid groups (broad SMARTS) is 1. The smallest absolute Gasteiger partial charge is 0.303 e. The largest absolute Gasteiger partial charge is 0.481 e. The van der Waals surface area contributed by atoms with Gasteiger partial charge in [-0.2, -0.15) is 5.26 Å². The summed E-state index contributed by atoms with van der Waals surface area (Å²) in [5.41, 5.74) is 0.385. The highest BCUT2D eigenvalue weighted by Gasteiger charge is 2.15. The lowest BCUT2D eigenvalue weighted by molar-refractivity contribution is -0.137. The Hall–Kier alpha value is -2.55. The summed E-state index contributed by atoms with van der Waals surface area (Å²) >= 11 is 0. The molecule has 118 valence electrons. The van der Waals surface area contributed by atoms with Crippen LogP contribution < -0.4 is 10.1 Å². The molecule has 0 radical (unpaired) electrons. The molecule has 1 unspecified atom stereocenters. The van der Waals surface area contributed by atoms with E-state index in [1.165, 1.54) is 0 Å². The number of hydrogen-bond donors (Lipinski definition) is 2. The lowest BCUT2D eigenvalue weighted by Gasteiger charge is -2.15. The summed E-state index contributed by atoms with van der Waals surface area (Å²) in [7, 11) is 0. The molecule has 6 nitrogen and oxygen atoms in total. The molecule has 0 heterocycles. The number of ether oxygens (including phenoxy) is 1. The number of hydrogen-bond acceptors (Lipinski definition) is 4. The quantitative estimate of drug-likeness (QED) is 0.680. The highest BCUT2D eigenvalue weighted by molar-refractivity contribution is 5.80. The van der Waals surface area contributed by atoms with E-state index in [4.69, 9.17) is 15.1 Å². The van der Waals surface area contributed by atoms with Crippen LogP contribution in [0.25, 0.3) is 0 Å². The second-order valence-corrected chi connectivity index (χ2v) is 4.86. The van der Waals surface area contributed by atoms with Crippen molar-refractivity contribution in [1.29, 1.82) is 5.26 Å². The zero-order valence-corrected chi connectivity index (χ0v) is 12.5. The lowest BCUT2D eigenvalue weighted by Crippen LogP contribution is -2.36. The molecule has 0 aromatic heterocycles. The van der Waals surface area contributed by atoms with E-state index in [2.05, 4.69) is 5.32 Å². The summed E-state index contributed by atoms with van der Waals surface area (Å²) in [6.07, 6.45) is 1.53. The summed E-state index contributed by atoms with van der Waals surface area (Å²) in [5.74, 6) is -0.678.